The number of carbonyl (C=O) groups is 2. The van der Waals surface area contributed by atoms with Gasteiger partial charge in [-0.3, -0.25) is 14.9 Å². The van der Waals surface area contributed by atoms with Gasteiger partial charge >= 0.3 is 5.97 Å². The van der Waals surface area contributed by atoms with Crippen LogP contribution in [0, 0.1) is 16.0 Å². The molecule has 0 aromatic heterocycles. The third kappa shape index (κ3) is 5.67. The summed E-state index contributed by atoms with van der Waals surface area (Å²) in [5.74, 6) is -0.686. The average molecular weight is 377 g/mol. The lowest BCUT2D eigenvalue weighted by atomic mass is 9.99. The number of carbonyl (C=O) groups excluding carboxylic acids is 2. The fourth-order valence-electron chi connectivity index (χ4n) is 3.11. The maximum Gasteiger partial charge on any atom is 0.338 e. The number of hydrogen-bond acceptors (Lipinski definition) is 6. The molecule has 8 nitrogen and oxygen atoms in total. The second-order valence-electron chi connectivity index (χ2n) is 7.11. The predicted molar refractivity (Wildman–Crippen MR) is 102 cm³/mol. The quantitative estimate of drug-likeness (QED) is 0.445. The monoisotopic (exact) mass is 377 g/mol. The third-order valence-electron chi connectivity index (χ3n) is 4.76. The molecule has 2 rings (SSSR count). The van der Waals surface area contributed by atoms with Crippen molar-refractivity contribution in [2.45, 2.75) is 46.1 Å². The van der Waals surface area contributed by atoms with Gasteiger partial charge in [-0.05, 0) is 44.2 Å². The van der Waals surface area contributed by atoms with E-state index in [4.69, 9.17) is 4.74 Å². The Morgan fingerprint density at radius 3 is 2.81 bits per heavy atom. The summed E-state index contributed by atoms with van der Waals surface area (Å²) >= 11 is 0. The Balaban J connectivity index is 2.09. The third-order valence-corrected chi connectivity index (χ3v) is 4.76. The van der Waals surface area contributed by atoms with E-state index in [0.717, 1.165) is 32.4 Å². The van der Waals surface area contributed by atoms with E-state index in [9.17, 15) is 19.7 Å². The standard InChI is InChI=1S/C19H27N3O5/c1-4-14(3)20-18(23)12-27-19(24)15-7-8-16(17(10-15)22(25)26)21-9-5-6-13(2)11-21/h7-8,10,13-14H,4-6,9,11-12H2,1-3H3,(H,20,23)/t13-,14+/m1/s1. The Morgan fingerprint density at radius 2 is 2.19 bits per heavy atom. The van der Waals surface area contributed by atoms with Crippen LogP contribution in [-0.2, 0) is 9.53 Å². The summed E-state index contributed by atoms with van der Waals surface area (Å²) in [6.45, 7) is 6.99. The van der Waals surface area contributed by atoms with E-state index in [0.29, 0.717) is 11.6 Å². The van der Waals surface area contributed by atoms with Gasteiger partial charge in [0.2, 0.25) is 0 Å². The van der Waals surface area contributed by atoms with Gasteiger partial charge < -0.3 is 15.0 Å². The van der Waals surface area contributed by atoms with Crippen molar-refractivity contribution in [3.8, 4) is 0 Å². The summed E-state index contributed by atoms with van der Waals surface area (Å²) in [5, 5.41) is 14.2. The van der Waals surface area contributed by atoms with E-state index in [1.165, 1.54) is 12.1 Å². The minimum absolute atomic E-state index is 0.0106. The molecule has 1 aromatic rings. The number of nitrogens with one attached hydrogen (secondary N) is 1. The van der Waals surface area contributed by atoms with Crippen LogP contribution in [0.1, 0.15) is 50.4 Å². The molecule has 2 atom stereocenters. The number of piperidine rings is 1. The first-order chi connectivity index (χ1) is 12.8. The van der Waals surface area contributed by atoms with E-state index in [1.807, 2.05) is 18.7 Å². The van der Waals surface area contributed by atoms with Gasteiger partial charge in [0.1, 0.15) is 5.69 Å². The molecule has 1 aromatic carbocycles. The van der Waals surface area contributed by atoms with Crippen molar-refractivity contribution < 1.29 is 19.2 Å². The summed E-state index contributed by atoms with van der Waals surface area (Å²) in [7, 11) is 0. The number of anilines is 1. The zero-order valence-corrected chi connectivity index (χ0v) is 16.1. The minimum atomic E-state index is -0.754. The Labute approximate surface area is 159 Å². The van der Waals surface area contributed by atoms with Gasteiger partial charge in [0.25, 0.3) is 11.6 Å². The van der Waals surface area contributed by atoms with Crippen LogP contribution in [0.15, 0.2) is 18.2 Å². The first-order valence-electron chi connectivity index (χ1n) is 9.31. The van der Waals surface area contributed by atoms with E-state index < -0.39 is 23.4 Å². The topological polar surface area (TPSA) is 102 Å². The van der Waals surface area contributed by atoms with Crippen LogP contribution in [0.2, 0.25) is 0 Å². The molecular formula is C19H27N3O5. The lowest BCUT2D eigenvalue weighted by Gasteiger charge is -2.32. The number of hydrogen-bond donors (Lipinski definition) is 1. The second-order valence-corrected chi connectivity index (χ2v) is 7.11. The maximum absolute atomic E-state index is 12.2. The Kier molecular flexibility index (Phi) is 7.15. The summed E-state index contributed by atoms with van der Waals surface area (Å²) in [5.41, 5.74) is 0.451. The van der Waals surface area contributed by atoms with Gasteiger partial charge in [-0.15, -0.1) is 0 Å². The highest BCUT2D eigenvalue weighted by Gasteiger charge is 2.25. The fraction of sp³-hybridized carbons (Fsp3) is 0.579. The number of nitro groups is 1. The molecule has 0 saturated carbocycles. The van der Waals surface area contributed by atoms with E-state index in [2.05, 4.69) is 12.2 Å². The Bertz CT molecular complexity index is 707. The highest BCUT2D eigenvalue weighted by molar-refractivity contribution is 5.93. The second kappa shape index (κ2) is 9.34. The summed E-state index contributed by atoms with van der Waals surface area (Å²) in [4.78, 5) is 36.9. The van der Waals surface area contributed by atoms with Crippen molar-refractivity contribution in [2.24, 2.45) is 5.92 Å². The van der Waals surface area contributed by atoms with E-state index >= 15 is 0 Å². The summed E-state index contributed by atoms with van der Waals surface area (Å²) < 4.78 is 4.99. The van der Waals surface area contributed by atoms with Crippen molar-refractivity contribution in [1.29, 1.82) is 0 Å². The smallest absolute Gasteiger partial charge is 0.338 e. The Hall–Kier alpha value is -2.64. The molecule has 27 heavy (non-hydrogen) atoms. The maximum atomic E-state index is 12.2. The molecule has 0 unspecified atom stereocenters. The van der Waals surface area contributed by atoms with Crippen LogP contribution in [0.5, 0.6) is 0 Å². The number of nitrogens with zero attached hydrogens (tertiary/aromatic N) is 2. The SMILES string of the molecule is CC[C@H](C)NC(=O)COC(=O)c1ccc(N2CCC[C@@H](C)C2)c([N+](=O)[O-])c1. The molecule has 148 valence electrons. The van der Waals surface area contributed by atoms with Gasteiger partial charge in [-0.2, -0.15) is 0 Å². The number of amides is 1. The molecule has 0 bridgehead atoms. The number of rotatable bonds is 7. The number of ether oxygens (including phenoxy) is 1. The van der Waals surface area contributed by atoms with Gasteiger partial charge in [0.15, 0.2) is 6.61 Å². The number of benzene rings is 1. The minimum Gasteiger partial charge on any atom is -0.452 e. The molecule has 0 radical (unpaired) electrons. The average Bonchev–Trinajstić information content (AvgIpc) is 2.65. The number of nitro benzene ring substituents is 1. The zero-order chi connectivity index (χ0) is 20.0. The Morgan fingerprint density at radius 1 is 1.44 bits per heavy atom. The van der Waals surface area contributed by atoms with Crippen molar-refractivity contribution in [1.82, 2.24) is 5.32 Å². The van der Waals surface area contributed by atoms with Gasteiger partial charge in [-0.25, -0.2) is 4.79 Å². The van der Waals surface area contributed by atoms with Crippen molar-refractivity contribution >= 4 is 23.3 Å². The van der Waals surface area contributed by atoms with Crippen molar-refractivity contribution in [3.63, 3.8) is 0 Å². The van der Waals surface area contributed by atoms with Gasteiger partial charge in [-0.1, -0.05) is 13.8 Å². The fourth-order valence-corrected chi connectivity index (χ4v) is 3.11. The normalized spacial score (nSPS) is 17.9. The largest absolute Gasteiger partial charge is 0.452 e. The lowest BCUT2D eigenvalue weighted by molar-refractivity contribution is -0.384. The highest BCUT2D eigenvalue weighted by atomic mass is 16.6. The lowest BCUT2D eigenvalue weighted by Crippen LogP contribution is -2.35. The summed E-state index contributed by atoms with van der Waals surface area (Å²) in [6.07, 6.45) is 2.85. The molecular weight excluding hydrogens is 350 g/mol. The summed E-state index contributed by atoms with van der Waals surface area (Å²) in [6, 6.07) is 4.31. The van der Waals surface area contributed by atoms with Crippen molar-refractivity contribution in [2.75, 3.05) is 24.6 Å². The molecule has 1 fully saturated rings. The van der Waals surface area contributed by atoms with Crippen molar-refractivity contribution in [3.05, 3.63) is 33.9 Å². The van der Waals surface area contributed by atoms with Crippen LogP contribution < -0.4 is 10.2 Å². The van der Waals surface area contributed by atoms with E-state index in [1.54, 1.807) is 6.07 Å². The zero-order valence-electron chi connectivity index (χ0n) is 16.1. The molecule has 0 spiro atoms. The predicted octanol–water partition coefficient (Wildman–Crippen LogP) is 2.90. The molecule has 1 aliphatic rings. The van der Waals surface area contributed by atoms with E-state index in [-0.39, 0.29) is 17.3 Å². The van der Waals surface area contributed by atoms with Gasteiger partial charge in [0, 0.05) is 25.2 Å². The van der Waals surface area contributed by atoms with Crippen LogP contribution in [0.3, 0.4) is 0 Å². The molecule has 1 saturated heterocycles. The molecule has 1 aliphatic heterocycles. The van der Waals surface area contributed by atoms with Crippen LogP contribution in [0.4, 0.5) is 11.4 Å². The van der Waals surface area contributed by atoms with Crippen LogP contribution in [0.25, 0.3) is 0 Å². The molecule has 0 aliphatic carbocycles. The van der Waals surface area contributed by atoms with Crippen LogP contribution in [-0.4, -0.2) is 42.5 Å². The first kappa shape index (κ1) is 20.7. The highest BCUT2D eigenvalue weighted by Crippen LogP contribution is 2.32. The van der Waals surface area contributed by atoms with Gasteiger partial charge in [0.05, 0.1) is 10.5 Å². The molecule has 1 amide bonds. The number of esters is 1. The molecule has 1 N–H and O–H groups in total. The first-order valence-corrected chi connectivity index (χ1v) is 9.31. The molecule has 8 heteroatoms. The van der Waals surface area contributed by atoms with Crippen LogP contribution >= 0.6 is 0 Å². The molecule has 1 heterocycles.